The average molecular weight is 338 g/mol. The van der Waals surface area contributed by atoms with Crippen molar-refractivity contribution in [3.8, 4) is 0 Å². The maximum absolute atomic E-state index is 4.51. The molecule has 0 saturated carbocycles. The summed E-state index contributed by atoms with van der Waals surface area (Å²) in [7, 11) is -0.285. The van der Waals surface area contributed by atoms with Crippen LogP contribution in [0.3, 0.4) is 0 Å². The fraction of sp³-hybridized carbons (Fsp3) is 0. The van der Waals surface area contributed by atoms with E-state index in [9.17, 15) is 0 Å². The van der Waals surface area contributed by atoms with E-state index in [0.717, 1.165) is 20.9 Å². The highest BCUT2D eigenvalue weighted by Gasteiger charge is 2.07. The molecular weight excluding hydrogens is 330 g/mol. The van der Waals surface area contributed by atoms with Crippen molar-refractivity contribution in [1.82, 2.24) is 4.98 Å². The number of benzene rings is 1. The van der Waals surface area contributed by atoms with E-state index in [-0.39, 0.29) is 10.7 Å². The Bertz CT molecular complexity index is 642. The normalized spacial score (nSPS) is 18.3. The lowest BCUT2D eigenvalue weighted by molar-refractivity contribution is 1.38. The highest BCUT2D eigenvalue weighted by Crippen LogP contribution is 2.24. The van der Waals surface area contributed by atoms with Crippen LogP contribution in [0.25, 0.3) is 5.70 Å². The molecule has 2 heterocycles. The summed E-state index contributed by atoms with van der Waals surface area (Å²) in [6, 6.07) is 8.12. The van der Waals surface area contributed by atoms with Gasteiger partial charge < -0.3 is 0 Å². The molecule has 1 aliphatic heterocycles. The topological polar surface area (TPSA) is 37.6 Å². The zero-order valence-corrected chi connectivity index (χ0v) is 12.4. The number of aromatic nitrogens is 1. The standard InChI is InChI=1S/C12H8BrN3S2/c13-10-3-1-9(2-4-10)11-7-18(8-15-11)16-12-14-5-6-17-12/h1-8H. The highest BCUT2D eigenvalue weighted by atomic mass is 79.9. The Morgan fingerprint density at radius 2 is 2.06 bits per heavy atom. The van der Waals surface area contributed by atoms with Gasteiger partial charge in [0.25, 0.3) is 0 Å². The summed E-state index contributed by atoms with van der Waals surface area (Å²) in [6.07, 6.45) is 1.76. The average Bonchev–Trinajstić information content (AvgIpc) is 3.02. The molecule has 90 valence electrons. The lowest BCUT2D eigenvalue weighted by Gasteiger charge is -1.97. The molecule has 0 saturated heterocycles. The summed E-state index contributed by atoms with van der Waals surface area (Å²) >= 11 is 4.96. The van der Waals surface area contributed by atoms with Crippen LogP contribution in [-0.2, 0) is 10.7 Å². The third kappa shape index (κ3) is 2.66. The molecule has 1 aromatic carbocycles. The molecule has 0 fully saturated rings. The number of hydrogen-bond donors (Lipinski definition) is 0. The van der Waals surface area contributed by atoms with Gasteiger partial charge in [-0.15, -0.1) is 11.3 Å². The molecule has 1 unspecified atom stereocenters. The van der Waals surface area contributed by atoms with Crippen molar-refractivity contribution in [3.05, 3.63) is 51.3 Å². The van der Waals surface area contributed by atoms with Crippen LogP contribution in [0, 0.1) is 0 Å². The zero-order chi connectivity index (χ0) is 12.4. The van der Waals surface area contributed by atoms with Crippen molar-refractivity contribution in [2.24, 2.45) is 9.36 Å². The van der Waals surface area contributed by atoms with Crippen molar-refractivity contribution in [2.75, 3.05) is 0 Å². The molecule has 3 nitrogen and oxygen atoms in total. The van der Waals surface area contributed by atoms with Crippen LogP contribution in [0.1, 0.15) is 5.56 Å². The van der Waals surface area contributed by atoms with Gasteiger partial charge >= 0.3 is 0 Å². The molecule has 1 atom stereocenters. The molecular formula is C12H8BrN3S2. The summed E-state index contributed by atoms with van der Waals surface area (Å²) in [5.41, 5.74) is 3.96. The number of hydrogen-bond acceptors (Lipinski definition) is 4. The summed E-state index contributed by atoms with van der Waals surface area (Å²) < 4.78 is 5.58. The van der Waals surface area contributed by atoms with Crippen LogP contribution in [0.5, 0.6) is 0 Å². The van der Waals surface area contributed by atoms with Gasteiger partial charge in [0, 0.05) is 27.0 Å². The predicted molar refractivity (Wildman–Crippen MR) is 82.2 cm³/mol. The molecule has 2 aromatic rings. The zero-order valence-electron chi connectivity index (χ0n) is 9.15. The van der Waals surface area contributed by atoms with Crippen molar-refractivity contribution in [2.45, 2.75) is 0 Å². The van der Waals surface area contributed by atoms with Crippen LogP contribution in [0.2, 0.25) is 0 Å². The Balaban J connectivity index is 1.89. The second-order valence-corrected chi connectivity index (χ2v) is 6.61. The molecule has 0 radical (unpaired) electrons. The Morgan fingerprint density at radius 1 is 1.22 bits per heavy atom. The molecule has 6 heteroatoms. The minimum Gasteiger partial charge on any atom is -0.247 e. The predicted octanol–water partition coefficient (Wildman–Crippen LogP) is 4.38. The number of rotatable bonds is 2. The van der Waals surface area contributed by atoms with Crippen molar-refractivity contribution < 1.29 is 0 Å². The first-order valence-electron chi connectivity index (χ1n) is 5.16. The summed E-state index contributed by atoms with van der Waals surface area (Å²) in [5.74, 6) is 0. The van der Waals surface area contributed by atoms with Gasteiger partial charge in [0.2, 0.25) is 5.13 Å². The maximum atomic E-state index is 4.51. The van der Waals surface area contributed by atoms with Gasteiger partial charge in [-0.3, -0.25) is 0 Å². The van der Waals surface area contributed by atoms with Crippen LogP contribution in [0.4, 0.5) is 5.13 Å². The Hall–Kier alpha value is -1.11. The van der Waals surface area contributed by atoms with Gasteiger partial charge in [0.15, 0.2) is 0 Å². The second-order valence-electron chi connectivity index (χ2n) is 3.50. The number of thiazole rings is 1. The fourth-order valence-electron chi connectivity index (χ4n) is 1.45. The van der Waals surface area contributed by atoms with Gasteiger partial charge in [-0.2, -0.15) is 4.36 Å². The lowest BCUT2D eigenvalue weighted by atomic mass is 10.2. The Kier molecular flexibility index (Phi) is 3.49. The summed E-state index contributed by atoms with van der Waals surface area (Å²) in [4.78, 5) is 8.56. The maximum Gasteiger partial charge on any atom is 0.215 e. The second kappa shape index (κ2) is 5.26. The minimum atomic E-state index is -0.285. The van der Waals surface area contributed by atoms with Gasteiger partial charge in [-0.05, 0) is 22.8 Å². The number of nitrogens with zero attached hydrogens (tertiary/aromatic N) is 3. The molecule has 18 heavy (non-hydrogen) atoms. The molecule has 3 rings (SSSR count). The minimum absolute atomic E-state index is 0.285. The van der Waals surface area contributed by atoms with Gasteiger partial charge in [0.05, 0.1) is 11.2 Å². The van der Waals surface area contributed by atoms with E-state index in [1.165, 1.54) is 0 Å². The quantitative estimate of drug-likeness (QED) is 0.801. The van der Waals surface area contributed by atoms with Crippen molar-refractivity contribution in [1.29, 1.82) is 0 Å². The van der Waals surface area contributed by atoms with Gasteiger partial charge in [-0.1, -0.05) is 28.1 Å². The van der Waals surface area contributed by atoms with Crippen LogP contribution < -0.4 is 0 Å². The van der Waals surface area contributed by atoms with E-state index in [1.54, 1.807) is 17.5 Å². The van der Waals surface area contributed by atoms with E-state index in [0.29, 0.717) is 0 Å². The van der Waals surface area contributed by atoms with Crippen molar-refractivity contribution in [3.63, 3.8) is 0 Å². The van der Waals surface area contributed by atoms with E-state index in [4.69, 9.17) is 0 Å². The van der Waals surface area contributed by atoms with Crippen LogP contribution in [0.15, 0.2) is 55.1 Å². The van der Waals surface area contributed by atoms with Crippen molar-refractivity contribution >= 4 is 54.3 Å². The monoisotopic (exact) mass is 337 g/mol. The molecule has 0 bridgehead atoms. The van der Waals surface area contributed by atoms with E-state index in [1.807, 2.05) is 35.2 Å². The van der Waals surface area contributed by atoms with Gasteiger partial charge in [-0.25, -0.2) is 9.98 Å². The number of halogens is 1. The molecule has 1 aromatic heterocycles. The smallest absolute Gasteiger partial charge is 0.215 e. The molecule has 0 spiro atoms. The third-order valence-electron chi connectivity index (χ3n) is 2.27. The molecule has 0 aliphatic carbocycles. The summed E-state index contributed by atoms with van der Waals surface area (Å²) in [5, 5.41) is 4.80. The molecule has 0 N–H and O–H groups in total. The first kappa shape index (κ1) is 12.0. The lowest BCUT2D eigenvalue weighted by Crippen LogP contribution is -1.78. The molecule has 0 amide bonds. The molecule has 1 aliphatic rings. The largest absolute Gasteiger partial charge is 0.247 e. The van der Waals surface area contributed by atoms with Gasteiger partial charge in [0.1, 0.15) is 0 Å². The van der Waals surface area contributed by atoms with E-state index in [2.05, 4.69) is 35.7 Å². The van der Waals surface area contributed by atoms with E-state index >= 15 is 0 Å². The highest BCUT2D eigenvalue weighted by molar-refractivity contribution is 9.10. The number of aliphatic imine (C=N–C) groups is 1. The summed E-state index contributed by atoms with van der Waals surface area (Å²) in [6.45, 7) is 0. The fourth-order valence-corrected chi connectivity index (χ4v) is 3.55. The SMILES string of the molecule is Brc1ccc(C2=CS(=Nc3nccs3)C=N2)cc1. The Morgan fingerprint density at radius 3 is 2.78 bits per heavy atom. The Labute approximate surface area is 120 Å². The third-order valence-corrected chi connectivity index (χ3v) is 4.75. The van der Waals surface area contributed by atoms with E-state index < -0.39 is 0 Å². The van der Waals surface area contributed by atoms with Crippen LogP contribution >= 0.6 is 27.3 Å². The first-order valence-corrected chi connectivity index (χ1v) is 8.14. The first-order chi connectivity index (χ1) is 8.81. The van der Waals surface area contributed by atoms with Crippen LogP contribution in [-0.4, -0.2) is 10.5 Å².